The number of thiocarbonyl (C=S) groups is 1. The van der Waals surface area contributed by atoms with E-state index in [4.69, 9.17) is 21.7 Å². The molecule has 0 bridgehead atoms. The van der Waals surface area contributed by atoms with Crippen molar-refractivity contribution in [3.63, 3.8) is 0 Å². The summed E-state index contributed by atoms with van der Waals surface area (Å²) in [7, 11) is 1.57. The number of esters is 1. The summed E-state index contributed by atoms with van der Waals surface area (Å²) >= 11 is 6.82. The third kappa shape index (κ3) is 4.69. The van der Waals surface area contributed by atoms with Gasteiger partial charge in [-0.3, -0.25) is 9.69 Å². The van der Waals surface area contributed by atoms with Crippen LogP contribution in [0.3, 0.4) is 0 Å². The van der Waals surface area contributed by atoms with Crippen LogP contribution >= 0.6 is 24.0 Å². The lowest BCUT2D eigenvalue weighted by atomic mass is 10.1. The fraction of sp³-hybridized carbons (Fsp3) is 0.0357. The number of hydrogen-bond donors (Lipinski definition) is 0. The van der Waals surface area contributed by atoms with E-state index in [2.05, 4.69) is 0 Å². The monoisotopic (exact) mass is 497 g/mol. The molecule has 0 aliphatic carbocycles. The first-order valence-corrected chi connectivity index (χ1v) is 12.0. The Morgan fingerprint density at radius 3 is 2.31 bits per heavy atom. The van der Waals surface area contributed by atoms with Gasteiger partial charge in [0.1, 0.15) is 11.5 Å². The van der Waals surface area contributed by atoms with Crippen LogP contribution in [0, 0.1) is 0 Å². The van der Waals surface area contributed by atoms with E-state index in [1.165, 1.54) is 11.8 Å². The molecule has 4 aromatic carbocycles. The molecule has 0 N–H and O–H groups in total. The number of anilines is 1. The lowest BCUT2D eigenvalue weighted by molar-refractivity contribution is -0.113. The Balaban J connectivity index is 1.33. The molecule has 4 aromatic rings. The summed E-state index contributed by atoms with van der Waals surface area (Å²) in [5, 5.41) is 2.01. The van der Waals surface area contributed by atoms with Gasteiger partial charge in [0, 0.05) is 5.39 Å². The van der Waals surface area contributed by atoms with Gasteiger partial charge in [-0.05, 0) is 59.5 Å². The number of ether oxygens (including phenoxy) is 2. The zero-order valence-corrected chi connectivity index (χ0v) is 20.3. The van der Waals surface area contributed by atoms with E-state index in [1.807, 2.05) is 42.5 Å². The first-order chi connectivity index (χ1) is 17.0. The Morgan fingerprint density at radius 2 is 1.57 bits per heavy atom. The van der Waals surface area contributed by atoms with E-state index >= 15 is 0 Å². The van der Waals surface area contributed by atoms with Crippen LogP contribution in [-0.4, -0.2) is 23.3 Å². The van der Waals surface area contributed by atoms with E-state index < -0.39 is 5.97 Å². The lowest BCUT2D eigenvalue weighted by Crippen LogP contribution is -2.27. The molecular weight excluding hydrogens is 478 g/mol. The minimum absolute atomic E-state index is 0.161. The number of benzene rings is 4. The number of methoxy groups -OCH3 is 1. The standard InChI is InChI=1S/C28H19NO4S2/c1-32-21-15-11-20(12-16-21)27(31)33-22-13-9-18(10-14-22)17-25-26(30)29(28(34)35-25)24-8-4-6-19-5-2-3-7-23(19)24/h2-17H,1H3/b25-17-. The maximum absolute atomic E-state index is 13.3. The van der Waals surface area contributed by atoms with Crippen molar-refractivity contribution in [2.75, 3.05) is 12.0 Å². The van der Waals surface area contributed by atoms with Gasteiger partial charge in [0.15, 0.2) is 4.32 Å². The number of hydrogen-bond acceptors (Lipinski definition) is 6. The Labute approximate surface area is 212 Å². The highest BCUT2D eigenvalue weighted by molar-refractivity contribution is 8.27. The Hall–Kier alpha value is -3.94. The van der Waals surface area contributed by atoms with Crippen LogP contribution in [0.1, 0.15) is 15.9 Å². The molecule has 0 aromatic heterocycles. The summed E-state index contributed by atoms with van der Waals surface area (Å²) in [6.45, 7) is 0. The van der Waals surface area contributed by atoms with Gasteiger partial charge < -0.3 is 9.47 Å². The molecular formula is C28H19NO4S2. The third-order valence-electron chi connectivity index (χ3n) is 5.52. The number of thioether (sulfide) groups is 1. The van der Waals surface area contributed by atoms with Crippen molar-refractivity contribution in [1.29, 1.82) is 0 Å². The van der Waals surface area contributed by atoms with Crippen LogP contribution < -0.4 is 14.4 Å². The van der Waals surface area contributed by atoms with Gasteiger partial charge in [0.05, 0.1) is 23.3 Å². The van der Waals surface area contributed by atoms with Gasteiger partial charge >= 0.3 is 5.97 Å². The van der Waals surface area contributed by atoms with E-state index in [-0.39, 0.29) is 5.91 Å². The molecule has 0 unspecified atom stereocenters. The molecule has 35 heavy (non-hydrogen) atoms. The average Bonchev–Trinajstić information content (AvgIpc) is 3.17. The van der Waals surface area contributed by atoms with Crippen molar-refractivity contribution in [2.45, 2.75) is 0 Å². The zero-order valence-electron chi connectivity index (χ0n) is 18.6. The molecule has 1 saturated heterocycles. The molecule has 5 rings (SSSR count). The van der Waals surface area contributed by atoms with E-state index in [9.17, 15) is 9.59 Å². The molecule has 0 spiro atoms. The summed E-state index contributed by atoms with van der Waals surface area (Å²) in [5.74, 6) is 0.450. The van der Waals surface area contributed by atoms with E-state index in [1.54, 1.807) is 66.6 Å². The van der Waals surface area contributed by atoms with Gasteiger partial charge in [0.2, 0.25) is 0 Å². The molecule has 1 heterocycles. The highest BCUT2D eigenvalue weighted by Gasteiger charge is 2.34. The van der Waals surface area contributed by atoms with Crippen molar-refractivity contribution in [3.8, 4) is 11.5 Å². The minimum atomic E-state index is -0.462. The molecule has 1 aliphatic heterocycles. The van der Waals surface area contributed by atoms with Crippen molar-refractivity contribution in [3.05, 3.63) is 107 Å². The maximum atomic E-state index is 13.3. The molecule has 0 atom stereocenters. The largest absolute Gasteiger partial charge is 0.497 e. The first-order valence-electron chi connectivity index (χ1n) is 10.8. The molecule has 1 aliphatic rings. The second-order valence-electron chi connectivity index (χ2n) is 7.70. The number of nitrogens with zero attached hydrogens (tertiary/aromatic N) is 1. The van der Waals surface area contributed by atoms with Crippen molar-refractivity contribution in [1.82, 2.24) is 0 Å². The Kier molecular flexibility index (Phi) is 6.35. The number of carbonyl (C=O) groups excluding carboxylic acids is 2. The van der Waals surface area contributed by atoms with Crippen LogP contribution in [0.2, 0.25) is 0 Å². The van der Waals surface area contributed by atoms with Crippen molar-refractivity contribution < 1.29 is 19.1 Å². The fourth-order valence-corrected chi connectivity index (χ4v) is 5.04. The van der Waals surface area contributed by atoms with Gasteiger partial charge in [-0.25, -0.2) is 4.79 Å². The quantitative estimate of drug-likeness (QED) is 0.136. The molecule has 1 amide bonds. The summed E-state index contributed by atoms with van der Waals surface area (Å²) in [4.78, 5) is 27.7. The second-order valence-corrected chi connectivity index (χ2v) is 9.38. The summed E-state index contributed by atoms with van der Waals surface area (Å²) in [6, 6.07) is 27.4. The predicted octanol–water partition coefficient (Wildman–Crippen LogP) is 6.47. The second kappa shape index (κ2) is 9.74. The molecule has 0 radical (unpaired) electrons. The number of amides is 1. The highest BCUT2D eigenvalue weighted by Crippen LogP contribution is 2.39. The van der Waals surface area contributed by atoms with Gasteiger partial charge in [0.25, 0.3) is 5.91 Å². The predicted molar refractivity (Wildman–Crippen MR) is 144 cm³/mol. The Morgan fingerprint density at radius 1 is 0.886 bits per heavy atom. The van der Waals surface area contributed by atoms with Crippen molar-refractivity contribution in [2.24, 2.45) is 0 Å². The average molecular weight is 498 g/mol. The van der Waals surface area contributed by atoms with Gasteiger partial charge in [-0.2, -0.15) is 0 Å². The van der Waals surface area contributed by atoms with E-state index in [0.717, 1.165) is 22.0 Å². The SMILES string of the molecule is COc1ccc(C(=O)Oc2ccc(/C=C3\SC(=S)N(c4cccc5ccccc45)C3=O)cc2)cc1. The fourth-order valence-electron chi connectivity index (χ4n) is 3.76. The number of fused-ring (bicyclic) bond motifs is 1. The van der Waals surface area contributed by atoms with Gasteiger partial charge in [-0.1, -0.05) is 72.5 Å². The third-order valence-corrected chi connectivity index (χ3v) is 6.82. The lowest BCUT2D eigenvalue weighted by Gasteiger charge is -2.17. The maximum Gasteiger partial charge on any atom is 0.343 e. The van der Waals surface area contributed by atoms with E-state index in [0.29, 0.717) is 26.3 Å². The topological polar surface area (TPSA) is 55.8 Å². The normalized spacial score (nSPS) is 14.5. The first kappa shape index (κ1) is 22.8. The van der Waals surface area contributed by atoms with Crippen LogP contribution in [0.5, 0.6) is 11.5 Å². The smallest absolute Gasteiger partial charge is 0.343 e. The zero-order chi connectivity index (χ0) is 24.4. The molecule has 0 saturated carbocycles. The highest BCUT2D eigenvalue weighted by atomic mass is 32.2. The summed E-state index contributed by atoms with van der Waals surface area (Å²) in [6.07, 6.45) is 1.79. The summed E-state index contributed by atoms with van der Waals surface area (Å²) in [5.41, 5.74) is 1.99. The van der Waals surface area contributed by atoms with Crippen LogP contribution in [-0.2, 0) is 4.79 Å². The number of rotatable bonds is 5. The minimum Gasteiger partial charge on any atom is -0.497 e. The van der Waals surface area contributed by atoms with Gasteiger partial charge in [-0.15, -0.1) is 0 Å². The summed E-state index contributed by atoms with van der Waals surface area (Å²) < 4.78 is 11.0. The molecule has 5 nitrogen and oxygen atoms in total. The molecule has 1 fully saturated rings. The van der Waals surface area contributed by atoms with Crippen LogP contribution in [0.15, 0.2) is 95.9 Å². The van der Waals surface area contributed by atoms with Crippen molar-refractivity contribution >= 4 is 62.7 Å². The Bertz CT molecular complexity index is 1470. The molecule has 172 valence electrons. The molecule has 7 heteroatoms. The van der Waals surface area contributed by atoms with Crippen LogP contribution in [0.4, 0.5) is 5.69 Å². The van der Waals surface area contributed by atoms with Crippen LogP contribution in [0.25, 0.3) is 16.8 Å². The number of carbonyl (C=O) groups is 2.